The molecule has 2 aliphatic rings. The van der Waals surface area contributed by atoms with Gasteiger partial charge in [0, 0.05) is 28.1 Å². The number of hydrogen-bond acceptors (Lipinski definition) is 10. The van der Waals surface area contributed by atoms with Gasteiger partial charge in [0.1, 0.15) is 17.7 Å². The first-order valence-electron chi connectivity index (χ1n) is 21.4. The largest absolute Gasteiger partial charge is 0.469 e. The van der Waals surface area contributed by atoms with Crippen LogP contribution in [-0.2, 0) is 23.9 Å². The first-order chi connectivity index (χ1) is 29.7. The number of benzene rings is 2. The molecule has 2 aromatic carbocycles. The zero-order chi connectivity index (χ0) is 44.0. The van der Waals surface area contributed by atoms with Crippen LogP contribution in [0.2, 0.25) is 0 Å². The summed E-state index contributed by atoms with van der Waals surface area (Å²) in [6, 6.07) is 17.7. The van der Waals surface area contributed by atoms with Crippen LogP contribution in [0.1, 0.15) is 84.5 Å². The van der Waals surface area contributed by atoms with Crippen molar-refractivity contribution in [2.24, 2.45) is 29.6 Å². The predicted octanol–water partition coefficient (Wildman–Crippen LogP) is 9.60. The number of alkyl carbamates (subject to hydrolysis) is 1. The standard InChI is InChI=1S/C47H55N7O6S2/c1-24(2)31(20-39(55)59-7)45(56)53-22-26(5)18-35(53)44-50-41(42(51-44)38-21-37-36(62-38)15-16-61-37)29-11-9-28(10-12-29)30-13-14-32-33(19-30)49-43(48-32)34-17-27(6)23-54(34)46(57)40(25(3)4)52-47(58)60-8/h9-16,19,21,24-27,31,34-35,40H,17-18,20,22-23H2,1-8H3,(H,48,49)(H,50,51)(H,52,58)/t26-,27-,31-,34-,35-,40-/m0/s1. The number of rotatable bonds is 12. The van der Waals surface area contributed by atoms with E-state index in [4.69, 9.17) is 19.4 Å². The minimum absolute atomic E-state index is 0.0347. The number of imidazole rings is 2. The number of aromatic amines is 2. The first kappa shape index (κ1) is 43.1. The van der Waals surface area contributed by atoms with Crippen molar-refractivity contribution >= 4 is 67.0 Å². The summed E-state index contributed by atoms with van der Waals surface area (Å²) in [6.07, 6.45) is 0.930. The minimum Gasteiger partial charge on any atom is -0.469 e. The molecule has 0 bridgehead atoms. The smallest absolute Gasteiger partial charge is 0.407 e. The Hall–Kier alpha value is -5.54. The van der Waals surface area contributed by atoms with Gasteiger partial charge in [-0.05, 0) is 77.3 Å². The van der Waals surface area contributed by atoms with Gasteiger partial charge in [0.05, 0.1) is 65.9 Å². The Morgan fingerprint density at radius 3 is 2.05 bits per heavy atom. The van der Waals surface area contributed by atoms with Crippen molar-refractivity contribution < 1.29 is 28.7 Å². The van der Waals surface area contributed by atoms with E-state index in [-0.39, 0.29) is 60.0 Å². The van der Waals surface area contributed by atoms with Crippen LogP contribution in [0, 0.1) is 29.6 Å². The average molecular weight is 878 g/mol. The predicted molar refractivity (Wildman–Crippen MR) is 243 cm³/mol. The van der Waals surface area contributed by atoms with Gasteiger partial charge >= 0.3 is 12.1 Å². The fourth-order valence-corrected chi connectivity index (χ4v) is 11.2. The number of likely N-dealkylation sites (tertiary alicyclic amines) is 2. The number of carbonyl (C=O) groups is 4. The van der Waals surface area contributed by atoms with Crippen LogP contribution in [0.15, 0.2) is 60.0 Å². The summed E-state index contributed by atoms with van der Waals surface area (Å²) in [7, 11) is 2.66. The number of nitrogens with one attached hydrogen (secondary N) is 3. The molecule has 2 fully saturated rings. The van der Waals surface area contributed by atoms with Crippen molar-refractivity contribution in [1.82, 2.24) is 35.1 Å². The zero-order valence-electron chi connectivity index (χ0n) is 36.5. The third kappa shape index (κ3) is 8.48. The second-order valence-electron chi connectivity index (χ2n) is 17.7. The maximum atomic E-state index is 14.2. The van der Waals surface area contributed by atoms with Gasteiger partial charge in [0.2, 0.25) is 11.8 Å². The molecule has 0 aliphatic carbocycles. The Bertz CT molecular complexity index is 2580. The Morgan fingerprint density at radius 1 is 0.774 bits per heavy atom. The van der Waals surface area contributed by atoms with E-state index >= 15 is 0 Å². The molecule has 0 spiro atoms. The number of nitrogens with zero attached hydrogens (tertiary/aromatic N) is 4. The molecule has 326 valence electrons. The summed E-state index contributed by atoms with van der Waals surface area (Å²) < 4.78 is 12.2. The number of amides is 3. The van der Waals surface area contributed by atoms with E-state index in [0.717, 1.165) is 68.5 Å². The summed E-state index contributed by atoms with van der Waals surface area (Å²) in [5, 5.41) is 4.84. The van der Waals surface area contributed by atoms with Crippen molar-refractivity contribution in [3.8, 4) is 33.0 Å². The summed E-state index contributed by atoms with van der Waals surface area (Å²) >= 11 is 3.43. The number of aromatic nitrogens is 4. The van der Waals surface area contributed by atoms with Gasteiger partial charge < -0.3 is 34.6 Å². The van der Waals surface area contributed by atoms with E-state index in [1.54, 1.807) is 22.7 Å². The summed E-state index contributed by atoms with van der Waals surface area (Å²) in [4.78, 5) is 74.9. The molecule has 0 unspecified atom stereocenters. The highest BCUT2D eigenvalue weighted by molar-refractivity contribution is 7.28. The van der Waals surface area contributed by atoms with Crippen LogP contribution >= 0.6 is 22.7 Å². The highest BCUT2D eigenvalue weighted by Crippen LogP contribution is 2.44. The normalized spacial score (nSPS) is 20.1. The SMILES string of the molecule is COC(=O)C[C@H](C(=O)N1C[C@@H](C)C[C@H]1c1nc(-c2ccc(-c3ccc4nc([C@@H]5C[C@H](C)CN5C(=O)[C@@H](NC(=O)OC)C(C)C)[nH]c4c3)cc2)c(-c2cc3sccc3s2)[nH]1)C(C)C. The van der Waals surface area contributed by atoms with Crippen LogP contribution in [0.4, 0.5) is 4.79 Å². The number of thiophene rings is 2. The molecule has 6 atom stereocenters. The van der Waals surface area contributed by atoms with Crippen LogP contribution in [0.5, 0.6) is 0 Å². The lowest BCUT2D eigenvalue weighted by Gasteiger charge is -2.30. The van der Waals surface area contributed by atoms with Gasteiger partial charge in [-0.25, -0.2) is 14.8 Å². The quantitative estimate of drug-likeness (QED) is 0.102. The summed E-state index contributed by atoms with van der Waals surface area (Å²) in [5.74, 6) is 0.763. The molecule has 3 N–H and O–H groups in total. The molecule has 2 aliphatic heterocycles. The molecule has 13 nitrogen and oxygen atoms in total. The van der Waals surface area contributed by atoms with Gasteiger partial charge in [-0.15, -0.1) is 22.7 Å². The van der Waals surface area contributed by atoms with Crippen molar-refractivity contribution in [3.63, 3.8) is 0 Å². The molecule has 15 heteroatoms. The number of fused-ring (bicyclic) bond motifs is 2. The second kappa shape index (κ2) is 17.7. The number of H-pyrrole nitrogens is 2. The van der Waals surface area contributed by atoms with E-state index in [1.165, 1.54) is 23.6 Å². The van der Waals surface area contributed by atoms with Gasteiger partial charge in [0.25, 0.3) is 0 Å². The first-order valence-corrected chi connectivity index (χ1v) is 23.1. The fraction of sp³-hybridized carbons (Fsp3) is 0.447. The Morgan fingerprint density at radius 2 is 1.42 bits per heavy atom. The topological polar surface area (TPSA) is 163 Å². The maximum absolute atomic E-state index is 14.2. The van der Waals surface area contributed by atoms with Crippen LogP contribution < -0.4 is 5.32 Å². The third-order valence-electron chi connectivity index (χ3n) is 12.4. The number of hydrogen-bond donors (Lipinski definition) is 3. The lowest BCUT2D eigenvalue weighted by atomic mass is 9.90. The van der Waals surface area contributed by atoms with Gasteiger partial charge in [-0.1, -0.05) is 71.9 Å². The molecule has 0 saturated carbocycles. The van der Waals surface area contributed by atoms with E-state index in [0.29, 0.717) is 13.1 Å². The van der Waals surface area contributed by atoms with Crippen molar-refractivity contribution in [2.75, 3.05) is 27.3 Å². The number of esters is 1. The molecular formula is C47H55N7O6S2. The lowest BCUT2D eigenvalue weighted by Crippen LogP contribution is -2.51. The number of methoxy groups -OCH3 is 2. The summed E-state index contributed by atoms with van der Waals surface area (Å²) in [6.45, 7) is 13.2. The van der Waals surface area contributed by atoms with Gasteiger partial charge in [-0.3, -0.25) is 14.4 Å². The van der Waals surface area contributed by atoms with Gasteiger partial charge in [-0.2, -0.15) is 0 Å². The molecular weight excluding hydrogens is 823 g/mol. The van der Waals surface area contributed by atoms with Crippen LogP contribution in [0.25, 0.3) is 53.4 Å². The van der Waals surface area contributed by atoms with Gasteiger partial charge in [0.15, 0.2) is 0 Å². The van der Waals surface area contributed by atoms with E-state index in [9.17, 15) is 19.2 Å². The molecule has 6 aromatic rings. The molecule has 4 aromatic heterocycles. The molecule has 6 heterocycles. The monoisotopic (exact) mass is 877 g/mol. The molecule has 8 rings (SSSR count). The van der Waals surface area contributed by atoms with E-state index in [2.05, 4.69) is 83.0 Å². The number of ether oxygens (including phenoxy) is 2. The highest BCUT2D eigenvalue weighted by Gasteiger charge is 2.42. The van der Waals surface area contributed by atoms with Crippen LogP contribution in [-0.4, -0.2) is 87.0 Å². The highest BCUT2D eigenvalue weighted by atomic mass is 32.1. The molecule has 0 radical (unpaired) electrons. The molecule has 62 heavy (non-hydrogen) atoms. The van der Waals surface area contributed by atoms with Crippen molar-refractivity contribution in [1.29, 1.82) is 0 Å². The van der Waals surface area contributed by atoms with Crippen molar-refractivity contribution in [3.05, 3.63) is 71.6 Å². The Kier molecular flexibility index (Phi) is 12.3. The maximum Gasteiger partial charge on any atom is 0.407 e. The number of carbonyl (C=O) groups excluding carboxylic acids is 4. The third-order valence-corrected chi connectivity index (χ3v) is 14.6. The minimum atomic E-state index is -0.715. The second-order valence-corrected chi connectivity index (χ2v) is 19.8. The van der Waals surface area contributed by atoms with E-state index in [1.807, 2.05) is 43.6 Å². The average Bonchev–Trinajstić information content (AvgIpc) is 4.11. The molecule has 3 amide bonds. The van der Waals surface area contributed by atoms with Crippen molar-refractivity contribution in [2.45, 2.75) is 78.9 Å². The molecule has 2 saturated heterocycles. The fourth-order valence-electron chi connectivity index (χ4n) is 9.07. The Balaban J connectivity index is 1.09. The van der Waals surface area contributed by atoms with E-state index < -0.39 is 18.1 Å². The Labute approximate surface area is 369 Å². The van der Waals surface area contributed by atoms with Crippen LogP contribution in [0.3, 0.4) is 0 Å². The lowest BCUT2D eigenvalue weighted by molar-refractivity contribution is -0.148. The summed E-state index contributed by atoms with van der Waals surface area (Å²) in [5.41, 5.74) is 6.40. The zero-order valence-corrected chi connectivity index (χ0v) is 38.1.